The maximum absolute atomic E-state index is 10.9. The molecule has 6 N–H and O–H groups in total. The number of thiazole rings is 1. The molecule has 0 radical (unpaired) electrons. The van der Waals surface area contributed by atoms with Gasteiger partial charge in [0.05, 0.1) is 10.0 Å². The van der Waals surface area contributed by atoms with E-state index in [2.05, 4.69) is 10.4 Å². The number of hydrogen-bond donors (Lipinski definition) is 4. The van der Waals surface area contributed by atoms with Crippen LogP contribution in [-0.2, 0) is 4.79 Å². The van der Waals surface area contributed by atoms with E-state index in [1.165, 1.54) is 11.3 Å². The molecule has 0 atom stereocenters. The van der Waals surface area contributed by atoms with Crippen molar-refractivity contribution in [1.82, 2.24) is 10.4 Å². The first-order chi connectivity index (χ1) is 10.4. The van der Waals surface area contributed by atoms with Gasteiger partial charge in [-0.1, -0.05) is 29.3 Å². The van der Waals surface area contributed by atoms with E-state index >= 15 is 0 Å². The number of carbonyl (C=O) groups is 1. The van der Waals surface area contributed by atoms with E-state index in [0.717, 1.165) is 17.3 Å². The first-order valence-corrected chi connectivity index (χ1v) is 8.16. The van der Waals surface area contributed by atoms with Crippen molar-refractivity contribution in [2.75, 3.05) is 0 Å². The van der Waals surface area contributed by atoms with Crippen LogP contribution in [0.2, 0.25) is 10.0 Å². The monoisotopic (exact) mass is 376 g/mol. The normalized spacial score (nSPS) is 12.0. The first kappa shape index (κ1) is 16.9. The number of halogens is 2. The van der Waals surface area contributed by atoms with Gasteiger partial charge in [-0.25, -0.2) is 9.78 Å². The lowest BCUT2D eigenvalue weighted by molar-refractivity contribution is -0.133. The topological polar surface area (TPSA) is 114 Å². The highest BCUT2D eigenvalue weighted by Crippen LogP contribution is 2.33. The highest BCUT2D eigenvalue weighted by molar-refractivity contribution is 8.03. The van der Waals surface area contributed by atoms with Crippen molar-refractivity contribution in [3.63, 3.8) is 0 Å². The average Bonchev–Trinajstić information content (AvgIpc) is 2.90. The minimum absolute atomic E-state index is 0.0148. The van der Waals surface area contributed by atoms with Crippen molar-refractivity contribution in [1.29, 1.82) is 0 Å². The molecule has 0 saturated heterocycles. The maximum Gasteiger partial charge on any atom is 0.356 e. The predicted octanol–water partition coefficient (Wildman–Crippen LogP) is 2.88. The van der Waals surface area contributed by atoms with Gasteiger partial charge in [0.25, 0.3) is 0 Å². The summed E-state index contributed by atoms with van der Waals surface area (Å²) in [6.45, 7) is 0. The summed E-state index contributed by atoms with van der Waals surface area (Å²) in [5.74, 6) is 3.89. The number of hydrogen-bond acceptors (Lipinski definition) is 7. The number of rotatable bonds is 5. The van der Waals surface area contributed by atoms with Gasteiger partial charge in [-0.05, 0) is 23.9 Å². The van der Waals surface area contributed by atoms with Gasteiger partial charge in [0, 0.05) is 10.9 Å². The summed E-state index contributed by atoms with van der Waals surface area (Å²) in [6, 6.07) is 5.19. The van der Waals surface area contributed by atoms with Gasteiger partial charge in [-0.3, -0.25) is 5.84 Å². The summed E-state index contributed by atoms with van der Waals surface area (Å²) in [5, 5.41) is 12.9. The van der Waals surface area contributed by atoms with Gasteiger partial charge < -0.3 is 16.3 Å². The number of hydrazine groups is 1. The average molecular weight is 377 g/mol. The lowest BCUT2D eigenvalue weighted by Crippen LogP contribution is -2.29. The second kappa shape index (κ2) is 7.21. The van der Waals surface area contributed by atoms with Crippen LogP contribution in [0.5, 0.6) is 0 Å². The van der Waals surface area contributed by atoms with Gasteiger partial charge in [-0.15, -0.1) is 11.3 Å². The largest absolute Gasteiger partial charge is 0.476 e. The molecule has 0 aliphatic rings. The van der Waals surface area contributed by atoms with Crippen LogP contribution in [0.4, 0.5) is 0 Å². The second-order valence-electron chi connectivity index (χ2n) is 3.91. The van der Waals surface area contributed by atoms with Gasteiger partial charge in [0.1, 0.15) is 15.1 Å². The molecule has 2 aromatic rings. The van der Waals surface area contributed by atoms with Gasteiger partial charge >= 0.3 is 5.97 Å². The summed E-state index contributed by atoms with van der Waals surface area (Å²) in [6.07, 6.45) is 0. The van der Waals surface area contributed by atoms with E-state index in [-0.39, 0.29) is 10.7 Å². The van der Waals surface area contributed by atoms with Crippen molar-refractivity contribution in [3.8, 4) is 10.6 Å². The van der Waals surface area contributed by atoms with Gasteiger partial charge in [0.15, 0.2) is 5.70 Å². The van der Waals surface area contributed by atoms with Crippen LogP contribution >= 0.6 is 46.3 Å². The zero-order valence-electron chi connectivity index (χ0n) is 10.8. The number of nitrogens with one attached hydrogen (secondary N) is 1. The van der Waals surface area contributed by atoms with Crippen molar-refractivity contribution < 1.29 is 9.90 Å². The van der Waals surface area contributed by atoms with E-state index in [9.17, 15) is 4.79 Å². The van der Waals surface area contributed by atoms with Crippen LogP contribution in [0.3, 0.4) is 0 Å². The molecule has 0 spiro atoms. The highest BCUT2D eigenvalue weighted by Gasteiger charge is 2.14. The molecule has 1 aromatic heterocycles. The standard InChI is InChI=1S/C12H10Cl2N4O2S2/c13-6-2-1-5(3-7(6)14)11-17-8(4-21-11)22-10(15)9(18-16)12(19)20/h1-4,18H,15-16H2,(H,19,20)/b10-9+. The number of nitrogens with two attached hydrogens (primary N) is 2. The smallest absolute Gasteiger partial charge is 0.356 e. The number of nitrogens with zero attached hydrogens (tertiary/aromatic N) is 1. The fourth-order valence-corrected chi connectivity index (χ4v) is 3.45. The molecule has 0 amide bonds. The van der Waals surface area contributed by atoms with Crippen molar-refractivity contribution in [3.05, 3.63) is 44.4 Å². The molecule has 22 heavy (non-hydrogen) atoms. The van der Waals surface area contributed by atoms with E-state index in [0.29, 0.717) is 20.1 Å². The molecule has 0 unspecified atom stereocenters. The van der Waals surface area contributed by atoms with Gasteiger partial charge in [0.2, 0.25) is 0 Å². The maximum atomic E-state index is 10.9. The molecule has 0 aliphatic carbocycles. The van der Waals surface area contributed by atoms with Crippen LogP contribution in [0.1, 0.15) is 0 Å². The lowest BCUT2D eigenvalue weighted by atomic mass is 10.2. The zero-order valence-corrected chi connectivity index (χ0v) is 14.0. The Hall–Kier alpha value is -1.45. The Labute approximate surface area is 144 Å². The Morgan fingerprint density at radius 2 is 2.09 bits per heavy atom. The third kappa shape index (κ3) is 3.84. The number of carboxylic acid groups (broad SMARTS) is 1. The molecule has 0 aliphatic heterocycles. The Morgan fingerprint density at radius 1 is 1.36 bits per heavy atom. The minimum Gasteiger partial charge on any atom is -0.476 e. The second-order valence-corrected chi connectivity index (χ2v) is 6.65. The molecule has 2 rings (SSSR count). The molecular weight excluding hydrogens is 367 g/mol. The fraction of sp³-hybridized carbons (Fsp3) is 0. The quantitative estimate of drug-likeness (QED) is 0.274. The van der Waals surface area contributed by atoms with E-state index < -0.39 is 5.97 Å². The Bertz CT molecular complexity index is 748. The predicted molar refractivity (Wildman–Crippen MR) is 89.6 cm³/mol. The van der Waals surface area contributed by atoms with Crippen LogP contribution in [-0.4, -0.2) is 16.1 Å². The van der Waals surface area contributed by atoms with Crippen LogP contribution in [0.25, 0.3) is 10.6 Å². The molecule has 116 valence electrons. The third-order valence-corrected chi connectivity index (χ3v) is 5.09. The van der Waals surface area contributed by atoms with E-state index in [1.807, 2.05) is 0 Å². The first-order valence-electron chi connectivity index (χ1n) is 5.71. The molecular formula is C12H10Cl2N4O2S2. The van der Waals surface area contributed by atoms with E-state index in [1.54, 1.807) is 23.6 Å². The molecule has 10 heteroatoms. The van der Waals surface area contributed by atoms with Crippen LogP contribution < -0.4 is 17.0 Å². The zero-order chi connectivity index (χ0) is 16.3. The number of aromatic nitrogens is 1. The minimum atomic E-state index is -1.24. The van der Waals surface area contributed by atoms with Gasteiger partial charge in [-0.2, -0.15) is 0 Å². The molecule has 0 saturated carbocycles. The number of benzene rings is 1. The molecule has 1 aromatic carbocycles. The highest BCUT2D eigenvalue weighted by atomic mass is 35.5. The molecule has 0 bridgehead atoms. The fourth-order valence-electron chi connectivity index (χ4n) is 1.47. The van der Waals surface area contributed by atoms with E-state index in [4.69, 9.17) is 39.9 Å². The van der Waals surface area contributed by atoms with Crippen LogP contribution in [0.15, 0.2) is 39.3 Å². The van der Waals surface area contributed by atoms with Crippen molar-refractivity contribution in [2.45, 2.75) is 5.03 Å². The van der Waals surface area contributed by atoms with Crippen LogP contribution in [0, 0.1) is 0 Å². The number of carboxylic acids is 1. The van der Waals surface area contributed by atoms with Crippen molar-refractivity contribution in [2.24, 2.45) is 11.6 Å². The Kier molecular flexibility index (Phi) is 5.54. The molecule has 1 heterocycles. The Morgan fingerprint density at radius 3 is 2.68 bits per heavy atom. The SMILES string of the molecule is NN/C(C(=O)O)=C(\N)Sc1csc(-c2ccc(Cl)c(Cl)c2)n1. The molecule has 0 fully saturated rings. The Balaban J connectivity index is 2.25. The van der Waals surface area contributed by atoms with Crippen molar-refractivity contribution >= 4 is 52.3 Å². The number of thioether (sulfide) groups is 1. The summed E-state index contributed by atoms with van der Waals surface area (Å²) in [5.41, 5.74) is 8.28. The molecule has 6 nitrogen and oxygen atoms in total. The summed E-state index contributed by atoms with van der Waals surface area (Å²) < 4.78 is 0. The summed E-state index contributed by atoms with van der Waals surface area (Å²) >= 11 is 14.2. The number of aliphatic carboxylic acids is 1. The lowest BCUT2D eigenvalue weighted by Gasteiger charge is -2.04. The third-order valence-electron chi connectivity index (χ3n) is 2.47. The summed E-state index contributed by atoms with van der Waals surface area (Å²) in [4.78, 5) is 15.3. The summed E-state index contributed by atoms with van der Waals surface area (Å²) in [7, 11) is 0.